The lowest BCUT2D eigenvalue weighted by Crippen LogP contribution is -2.19. The molecule has 122 valence electrons. The molecule has 2 nitrogen and oxygen atoms in total. The monoisotopic (exact) mass is 318 g/mol. The van der Waals surface area contributed by atoms with Crippen molar-refractivity contribution in [2.75, 3.05) is 7.11 Å². The maximum atomic E-state index is 11.3. The second-order valence-electron chi connectivity index (χ2n) is 6.10. The van der Waals surface area contributed by atoms with E-state index in [1.807, 2.05) is 24.3 Å². The van der Waals surface area contributed by atoms with Gasteiger partial charge in [-0.3, -0.25) is 4.79 Å². The van der Waals surface area contributed by atoms with Crippen LogP contribution in [0.3, 0.4) is 0 Å². The lowest BCUT2D eigenvalue weighted by molar-refractivity contribution is -0.104. The van der Waals surface area contributed by atoms with E-state index in [0.29, 0.717) is 0 Å². The van der Waals surface area contributed by atoms with Crippen LogP contribution < -0.4 is 4.74 Å². The summed E-state index contributed by atoms with van der Waals surface area (Å²) >= 11 is 0. The van der Waals surface area contributed by atoms with Crippen LogP contribution in [0.15, 0.2) is 67.3 Å². The molecule has 2 aromatic carbocycles. The molecule has 3 rings (SSSR count). The average molecular weight is 318 g/mol. The molecule has 24 heavy (non-hydrogen) atoms. The Labute approximate surface area is 143 Å². The average Bonchev–Trinajstić information content (AvgIpc) is 2.64. The maximum Gasteiger partial charge on any atom is 0.143 e. The highest BCUT2D eigenvalue weighted by Gasteiger charge is 2.30. The van der Waals surface area contributed by atoms with Crippen molar-refractivity contribution >= 4 is 11.9 Å². The first-order valence-electron chi connectivity index (χ1n) is 8.28. The van der Waals surface area contributed by atoms with Crippen molar-refractivity contribution < 1.29 is 9.53 Å². The molecule has 0 spiro atoms. The molecule has 0 N–H and O–H groups in total. The molecule has 2 heteroatoms. The summed E-state index contributed by atoms with van der Waals surface area (Å²) < 4.78 is 5.38. The van der Waals surface area contributed by atoms with E-state index in [1.54, 1.807) is 13.2 Å². The number of aryl methyl sites for hydroxylation is 1. The number of fused-ring (bicyclic) bond motifs is 1. The molecule has 2 unspecified atom stereocenters. The molecule has 0 fully saturated rings. The van der Waals surface area contributed by atoms with Gasteiger partial charge in [-0.15, -0.1) is 6.58 Å². The maximum absolute atomic E-state index is 11.3. The van der Waals surface area contributed by atoms with Gasteiger partial charge in [-0.25, -0.2) is 0 Å². The Kier molecular flexibility index (Phi) is 4.95. The number of aldehydes is 1. The van der Waals surface area contributed by atoms with E-state index >= 15 is 0 Å². The number of carbonyl (C=O) groups is 1. The van der Waals surface area contributed by atoms with Crippen molar-refractivity contribution in [3.05, 3.63) is 84.0 Å². The lowest BCUT2D eigenvalue weighted by atomic mass is 9.71. The second-order valence-corrected chi connectivity index (χ2v) is 6.10. The molecule has 0 aliphatic heterocycles. The predicted molar refractivity (Wildman–Crippen MR) is 98.2 cm³/mol. The minimum absolute atomic E-state index is 0.191. The number of allylic oxidation sites excluding steroid dienone is 3. The van der Waals surface area contributed by atoms with Gasteiger partial charge in [0.15, 0.2) is 0 Å². The van der Waals surface area contributed by atoms with Crippen molar-refractivity contribution in [1.29, 1.82) is 0 Å². The summed E-state index contributed by atoms with van der Waals surface area (Å²) in [5.41, 5.74) is 4.72. The number of hydrogen-bond acceptors (Lipinski definition) is 2. The van der Waals surface area contributed by atoms with E-state index in [4.69, 9.17) is 4.74 Å². The highest BCUT2D eigenvalue weighted by Crippen LogP contribution is 2.44. The van der Waals surface area contributed by atoms with E-state index in [0.717, 1.165) is 36.0 Å². The van der Waals surface area contributed by atoms with Crippen LogP contribution >= 0.6 is 0 Å². The first-order valence-corrected chi connectivity index (χ1v) is 8.28. The summed E-state index contributed by atoms with van der Waals surface area (Å²) in [5.74, 6) is 1.26. The highest BCUT2D eigenvalue weighted by atomic mass is 16.5. The first kappa shape index (κ1) is 16.3. The SMILES string of the molecule is C=CC(c1ccccc1)C1CCc2ccc(OC)cc2/C1=C\C=O. The van der Waals surface area contributed by atoms with Gasteiger partial charge in [-0.1, -0.05) is 42.5 Å². The fourth-order valence-corrected chi connectivity index (χ4v) is 3.70. The van der Waals surface area contributed by atoms with E-state index in [-0.39, 0.29) is 11.8 Å². The fraction of sp³-hybridized carbons (Fsp3) is 0.227. The van der Waals surface area contributed by atoms with Crippen molar-refractivity contribution in [2.24, 2.45) is 5.92 Å². The minimum atomic E-state index is 0.191. The fourth-order valence-electron chi connectivity index (χ4n) is 3.70. The molecule has 2 aromatic rings. The minimum Gasteiger partial charge on any atom is -0.497 e. The number of carbonyl (C=O) groups excluding carboxylic acids is 1. The second kappa shape index (κ2) is 7.31. The normalized spacial score (nSPS) is 19.4. The van der Waals surface area contributed by atoms with Crippen LogP contribution in [-0.4, -0.2) is 13.4 Å². The topological polar surface area (TPSA) is 26.3 Å². The standard InChI is InChI=1S/C22H22O2/c1-3-19(16-7-5-4-6-8-16)20-12-10-17-9-11-18(24-2)15-22(17)21(20)13-14-23/h3-9,11,13-15,19-20H,1,10,12H2,2H3/b21-13-. The molecule has 0 radical (unpaired) electrons. The number of ether oxygens (including phenoxy) is 1. The van der Waals surface area contributed by atoms with Gasteiger partial charge in [0.2, 0.25) is 0 Å². The summed E-state index contributed by atoms with van der Waals surface area (Å²) in [5, 5.41) is 0. The molecule has 0 aromatic heterocycles. The van der Waals surface area contributed by atoms with Gasteiger partial charge in [0.1, 0.15) is 12.0 Å². The predicted octanol–water partition coefficient (Wildman–Crippen LogP) is 4.81. The summed E-state index contributed by atoms with van der Waals surface area (Å²) in [6.07, 6.45) is 6.61. The van der Waals surface area contributed by atoms with Crippen molar-refractivity contribution in [1.82, 2.24) is 0 Å². The molecule has 0 saturated carbocycles. The Hall–Kier alpha value is -2.61. The Balaban J connectivity index is 2.06. The third kappa shape index (κ3) is 3.05. The summed E-state index contributed by atoms with van der Waals surface area (Å²) in [7, 11) is 1.67. The van der Waals surface area contributed by atoms with Crippen LogP contribution in [0, 0.1) is 5.92 Å². The van der Waals surface area contributed by atoms with Gasteiger partial charge in [-0.2, -0.15) is 0 Å². The Morgan fingerprint density at radius 3 is 2.67 bits per heavy atom. The third-order valence-electron chi connectivity index (χ3n) is 4.87. The third-order valence-corrected chi connectivity index (χ3v) is 4.87. The van der Waals surface area contributed by atoms with Gasteiger partial charge < -0.3 is 4.74 Å². The zero-order valence-electron chi connectivity index (χ0n) is 13.9. The highest BCUT2D eigenvalue weighted by molar-refractivity contribution is 5.85. The number of rotatable bonds is 5. The number of hydrogen-bond donors (Lipinski definition) is 0. The zero-order valence-corrected chi connectivity index (χ0v) is 13.9. The van der Waals surface area contributed by atoms with Gasteiger partial charge in [0.25, 0.3) is 0 Å². The Bertz CT molecular complexity index is 759. The van der Waals surface area contributed by atoms with Crippen LogP contribution in [0.25, 0.3) is 5.57 Å². The molecule has 1 aliphatic rings. The van der Waals surface area contributed by atoms with E-state index in [2.05, 4.69) is 36.9 Å². The lowest BCUT2D eigenvalue weighted by Gasteiger charge is -2.33. The van der Waals surface area contributed by atoms with Gasteiger partial charge in [0, 0.05) is 5.92 Å². The molecule has 0 saturated heterocycles. The van der Waals surface area contributed by atoms with Crippen LogP contribution in [0.5, 0.6) is 5.75 Å². The summed E-state index contributed by atoms with van der Waals surface area (Å²) in [6.45, 7) is 4.06. The van der Waals surface area contributed by atoms with Crippen molar-refractivity contribution in [3.8, 4) is 5.75 Å². The summed E-state index contributed by atoms with van der Waals surface area (Å²) in [4.78, 5) is 11.3. The van der Waals surface area contributed by atoms with E-state index in [9.17, 15) is 4.79 Å². The quantitative estimate of drug-likeness (QED) is 0.449. The van der Waals surface area contributed by atoms with Crippen molar-refractivity contribution in [2.45, 2.75) is 18.8 Å². The van der Waals surface area contributed by atoms with Crippen molar-refractivity contribution in [3.63, 3.8) is 0 Å². The van der Waals surface area contributed by atoms with E-state index in [1.165, 1.54) is 11.1 Å². The van der Waals surface area contributed by atoms with Gasteiger partial charge in [-0.05, 0) is 59.2 Å². The Morgan fingerprint density at radius 2 is 2.00 bits per heavy atom. The molecular weight excluding hydrogens is 296 g/mol. The van der Waals surface area contributed by atoms with Crippen LogP contribution in [-0.2, 0) is 11.2 Å². The van der Waals surface area contributed by atoms with Gasteiger partial charge >= 0.3 is 0 Å². The first-order chi connectivity index (χ1) is 11.8. The van der Waals surface area contributed by atoms with E-state index < -0.39 is 0 Å². The molecule has 2 atom stereocenters. The zero-order chi connectivity index (χ0) is 16.9. The molecule has 0 heterocycles. The molecule has 0 amide bonds. The van der Waals surface area contributed by atoms with Crippen LogP contribution in [0.2, 0.25) is 0 Å². The number of benzene rings is 2. The van der Waals surface area contributed by atoms with Crippen LogP contribution in [0.4, 0.5) is 0 Å². The Morgan fingerprint density at radius 1 is 1.21 bits per heavy atom. The molecule has 1 aliphatic carbocycles. The van der Waals surface area contributed by atoms with Crippen LogP contribution in [0.1, 0.15) is 29.0 Å². The summed E-state index contributed by atoms with van der Waals surface area (Å²) in [6, 6.07) is 16.5. The smallest absolute Gasteiger partial charge is 0.143 e. The molecular formula is C22H22O2. The van der Waals surface area contributed by atoms with Gasteiger partial charge in [0.05, 0.1) is 7.11 Å². The number of methoxy groups -OCH3 is 1. The molecule has 0 bridgehead atoms. The largest absolute Gasteiger partial charge is 0.497 e.